The van der Waals surface area contributed by atoms with Crippen molar-refractivity contribution in [1.82, 2.24) is 5.32 Å². The summed E-state index contributed by atoms with van der Waals surface area (Å²) in [4.78, 5) is 0. The van der Waals surface area contributed by atoms with Crippen LogP contribution in [0.1, 0.15) is 33.6 Å². The van der Waals surface area contributed by atoms with E-state index in [1.807, 2.05) is 0 Å². The molecule has 0 heterocycles. The Balaban J connectivity index is 3.83. The lowest BCUT2D eigenvalue weighted by molar-refractivity contribution is 0.199. The molecule has 16 heavy (non-hydrogen) atoms. The van der Waals surface area contributed by atoms with Crippen LogP contribution in [-0.4, -0.2) is 45.7 Å². The molecule has 0 atom stereocenters. The van der Waals surface area contributed by atoms with Crippen molar-refractivity contribution in [3.05, 3.63) is 0 Å². The second kappa shape index (κ2) is 7.25. The predicted octanol–water partition coefficient (Wildman–Crippen LogP) is 1.22. The van der Waals surface area contributed by atoms with Crippen molar-refractivity contribution >= 4 is 9.84 Å². The molecule has 0 amide bonds. The summed E-state index contributed by atoms with van der Waals surface area (Å²) in [7, 11) is -1.35. The summed E-state index contributed by atoms with van der Waals surface area (Å²) in [5.41, 5.74) is 0.0159. The van der Waals surface area contributed by atoms with Crippen LogP contribution in [0.3, 0.4) is 0 Å². The van der Waals surface area contributed by atoms with E-state index in [1.165, 1.54) is 0 Å². The molecule has 0 saturated heterocycles. The van der Waals surface area contributed by atoms with Crippen molar-refractivity contribution in [3.8, 4) is 0 Å². The molecule has 0 aliphatic heterocycles. The van der Waals surface area contributed by atoms with Gasteiger partial charge in [-0.05, 0) is 26.7 Å². The van der Waals surface area contributed by atoms with Gasteiger partial charge >= 0.3 is 0 Å². The first-order chi connectivity index (χ1) is 7.33. The number of rotatable bonds is 9. The van der Waals surface area contributed by atoms with E-state index in [4.69, 9.17) is 4.74 Å². The molecule has 4 nitrogen and oxygen atoms in total. The van der Waals surface area contributed by atoms with E-state index in [9.17, 15) is 8.42 Å². The highest BCUT2D eigenvalue weighted by Crippen LogP contribution is 2.06. The molecule has 0 spiro atoms. The molecule has 0 aliphatic rings. The molecule has 5 heteroatoms. The standard InChI is InChI=1S/C11H25NO3S/c1-5-11(2,3)12-7-10-16(13,14)9-6-8-15-4/h12H,5-10H2,1-4H3. The summed E-state index contributed by atoms with van der Waals surface area (Å²) < 4.78 is 28.0. The van der Waals surface area contributed by atoms with Gasteiger partial charge in [0, 0.05) is 25.8 Å². The number of sulfone groups is 1. The lowest BCUT2D eigenvalue weighted by Crippen LogP contribution is -2.41. The smallest absolute Gasteiger partial charge is 0.151 e. The third-order valence-corrected chi connectivity index (χ3v) is 4.44. The minimum absolute atomic E-state index is 0.0159. The maximum Gasteiger partial charge on any atom is 0.151 e. The Morgan fingerprint density at radius 3 is 2.38 bits per heavy atom. The van der Waals surface area contributed by atoms with Gasteiger partial charge < -0.3 is 10.1 Å². The molecule has 1 N–H and O–H groups in total. The second-order valence-electron chi connectivity index (χ2n) is 4.66. The van der Waals surface area contributed by atoms with Crippen LogP contribution in [-0.2, 0) is 14.6 Å². The Morgan fingerprint density at radius 1 is 1.25 bits per heavy atom. The van der Waals surface area contributed by atoms with Crippen LogP contribution in [0.2, 0.25) is 0 Å². The maximum absolute atomic E-state index is 11.6. The van der Waals surface area contributed by atoms with Gasteiger partial charge in [0.15, 0.2) is 9.84 Å². The summed E-state index contributed by atoms with van der Waals surface area (Å²) in [6.07, 6.45) is 1.56. The number of nitrogens with one attached hydrogen (secondary N) is 1. The highest BCUT2D eigenvalue weighted by atomic mass is 32.2. The highest BCUT2D eigenvalue weighted by molar-refractivity contribution is 7.91. The second-order valence-corrected chi connectivity index (χ2v) is 6.97. The molecule has 0 bridgehead atoms. The first-order valence-corrected chi connectivity index (χ1v) is 7.59. The number of hydrogen-bond donors (Lipinski definition) is 1. The van der Waals surface area contributed by atoms with E-state index >= 15 is 0 Å². The Bertz CT molecular complexity index is 273. The van der Waals surface area contributed by atoms with Gasteiger partial charge in [-0.25, -0.2) is 8.42 Å². The monoisotopic (exact) mass is 251 g/mol. The van der Waals surface area contributed by atoms with E-state index < -0.39 is 9.84 Å². The van der Waals surface area contributed by atoms with Crippen LogP contribution in [0.15, 0.2) is 0 Å². The average molecular weight is 251 g/mol. The lowest BCUT2D eigenvalue weighted by atomic mass is 10.0. The quantitative estimate of drug-likeness (QED) is 0.626. The minimum Gasteiger partial charge on any atom is -0.385 e. The van der Waals surface area contributed by atoms with Crippen LogP contribution in [0.4, 0.5) is 0 Å². The van der Waals surface area contributed by atoms with E-state index in [0.717, 1.165) is 6.42 Å². The molecular weight excluding hydrogens is 226 g/mol. The maximum atomic E-state index is 11.6. The summed E-state index contributed by atoms with van der Waals surface area (Å²) in [6, 6.07) is 0. The van der Waals surface area contributed by atoms with Gasteiger partial charge in [0.1, 0.15) is 0 Å². The van der Waals surface area contributed by atoms with Gasteiger partial charge in [-0.15, -0.1) is 0 Å². The molecule has 0 rings (SSSR count). The van der Waals surface area contributed by atoms with Crippen molar-refractivity contribution in [2.75, 3.05) is 31.8 Å². The van der Waals surface area contributed by atoms with Gasteiger partial charge in [0.2, 0.25) is 0 Å². The van der Waals surface area contributed by atoms with Crippen molar-refractivity contribution in [2.45, 2.75) is 39.2 Å². The van der Waals surface area contributed by atoms with Crippen molar-refractivity contribution in [2.24, 2.45) is 0 Å². The van der Waals surface area contributed by atoms with Crippen molar-refractivity contribution < 1.29 is 13.2 Å². The zero-order valence-corrected chi connectivity index (χ0v) is 11.7. The number of ether oxygens (including phenoxy) is 1. The minimum atomic E-state index is -2.93. The first-order valence-electron chi connectivity index (χ1n) is 5.77. The molecule has 0 saturated carbocycles. The molecule has 0 aromatic rings. The molecule has 0 unspecified atom stereocenters. The van der Waals surface area contributed by atoms with Crippen molar-refractivity contribution in [1.29, 1.82) is 0 Å². The fourth-order valence-corrected chi connectivity index (χ4v) is 2.37. The fourth-order valence-electron chi connectivity index (χ4n) is 1.20. The molecule has 0 aromatic heterocycles. The highest BCUT2D eigenvalue weighted by Gasteiger charge is 2.16. The molecule has 0 fully saturated rings. The molecule has 0 aromatic carbocycles. The van der Waals surface area contributed by atoms with Gasteiger partial charge in [0.25, 0.3) is 0 Å². The van der Waals surface area contributed by atoms with Crippen molar-refractivity contribution in [3.63, 3.8) is 0 Å². The summed E-state index contributed by atoms with van der Waals surface area (Å²) in [5, 5.41) is 3.24. The topological polar surface area (TPSA) is 55.4 Å². The van der Waals surface area contributed by atoms with Crippen LogP contribution in [0, 0.1) is 0 Å². The Kier molecular flexibility index (Phi) is 7.19. The van der Waals surface area contributed by atoms with E-state index in [0.29, 0.717) is 19.6 Å². The van der Waals surface area contributed by atoms with Gasteiger partial charge in [-0.1, -0.05) is 6.92 Å². The fraction of sp³-hybridized carbons (Fsp3) is 1.00. The molecule has 0 radical (unpaired) electrons. The Morgan fingerprint density at radius 2 is 1.88 bits per heavy atom. The summed E-state index contributed by atoms with van der Waals surface area (Å²) in [6.45, 7) is 7.26. The third-order valence-electron chi connectivity index (χ3n) is 2.70. The van der Waals surface area contributed by atoms with Crippen LogP contribution in [0.5, 0.6) is 0 Å². The van der Waals surface area contributed by atoms with Crippen LogP contribution < -0.4 is 5.32 Å². The molecule has 98 valence electrons. The van der Waals surface area contributed by atoms with E-state index in [2.05, 4.69) is 26.1 Å². The van der Waals surface area contributed by atoms with Gasteiger partial charge in [0.05, 0.1) is 11.5 Å². The zero-order chi connectivity index (χ0) is 12.7. The SMILES string of the molecule is CCC(C)(C)NCCS(=O)(=O)CCCOC. The Hall–Kier alpha value is -0.130. The van der Waals surface area contributed by atoms with Gasteiger partial charge in [-0.3, -0.25) is 0 Å². The van der Waals surface area contributed by atoms with Gasteiger partial charge in [-0.2, -0.15) is 0 Å². The number of hydrogen-bond acceptors (Lipinski definition) is 4. The Labute approximate surface area is 99.7 Å². The predicted molar refractivity (Wildman–Crippen MR) is 67.5 cm³/mol. The van der Waals surface area contributed by atoms with E-state index in [1.54, 1.807) is 7.11 Å². The first kappa shape index (κ1) is 15.9. The largest absolute Gasteiger partial charge is 0.385 e. The number of methoxy groups -OCH3 is 1. The summed E-state index contributed by atoms with van der Waals surface area (Å²) >= 11 is 0. The summed E-state index contributed by atoms with van der Waals surface area (Å²) in [5.74, 6) is 0.426. The normalized spacial score (nSPS) is 13.0. The lowest BCUT2D eigenvalue weighted by Gasteiger charge is -2.24. The van der Waals surface area contributed by atoms with Crippen LogP contribution in [0.25, 0.3) is 0 Å². The van der Waals surface area contributed by atoms with E-state index in [-0.39, 0.29) is 17.0 Å². The molecule has 0 aliphatic carbocycles. The average Bonchev–Trinajstić information content (AvgIpc) is 2.17. The molecular formula is C11H25NO3S. The van der Waals surface area contributed by atoms with Crippen LogP contribution >= 0.6 is 0 Å². The zero-order valence-electron chi connectivity index (χ0n) is 10.9. The third kappa shape index (κ3) is 8.07.